The number of rotatable bonds is 4. The highest BCUT2D eigenvalue weighted by Gasteiger charge is 2.28. The van der Waals surface area contributed by atoms with Crippen LogP contribution >= 0.6 is 0 Å². The molecule has 0 aliphatic heterocycles. The van der Waals surface area contributed by atoms with Gasteiger partial charge in [-0.3, -0.25) is 9.59 Å². The molecular formula is C15H20N4O4. The molecule has 2 N–H and O–H groups in total. The molecule has 23 heavy (non-hydrogen) atoms. The Hall–Kier alpha value is -2.64. The van der Waals surface area contributed by atoms with Gasteiger partial charge in [0.25, 0.3) is 5.91 Å². The van der Waals surface area contributed by atoms with Gasteiger partial charge in [-0.25, -0.2) is 0 Å². The van der Waals surface area contributed by atoms with E-state index in [9.17, 15) is 9.59 Å². The zero-order valence-electron chi connectivity index (χ0n) is 13.8. The Bertz CT molecular complexity index is 724. The molecule has 0 unspecified atom stereocenters. The van der Waals surface area contributed by atoms with Crippen molar-refractivity contribution in [2.45, 2.75) is 40.0 Å². The van der Waals surface area contributed by atoms with Gasteiger partial charge >= 0.3 is 0 Å². The fraction of sp³-hybridized carbons (Fsp3) is 0.467. The molecule has 2 aromatic heterocycles. The van der Waals surface area contributed by atoms with Crippen LogP contribution in [0.5, 0.6) is 0 Å². The van der Waals surface area contributed by atoms with Crippen molar-refractivity contribution in [3.63, 3.8) is 0 Å². The second-order valence-electron chi connectivity index (χ2n) is 6.27. The van der Waals surface area contributed by atoms with Crippen molar-refractivity contribution in [1.82, 2.24) is 15.6 Å². The third kappa shape index (κ3) is 3.97. The first-order valence-corrected chi connectivity index (χ1v) is 7.16. The van der Waals surface area contributed by atoms with E-state index >= 15 is 0 Å². The first-order valence-electron chi connectivity index (χ1n) is 7.16. The number of aryl methyl sites for hydroxylation is 2. The number of hydrogen-bond donors (Lipinski definition) is 2. The lowest BCUT2D eigenvalue weighted by Crippen LogP contribution is -2.34. The van der Waals surface area contributed by atoms with Crippen LogP contribution in [0.2, 0.25) is 0 Å². The summed E-state index contributed by atoms with van der Waals surface area (Å²) in [4.78, 5) is 24.1. The maximum Gasteiger partial charge on any atom is 0.257 e. The molecule has 2 heterocycles. The van der Waals surface area contributed by atoms with Crippen molar-refractivity contribution in [1.29, 1.82) is 0 Å². The van der Waals surface area contributed by atoms with Crippen LogP contribution in [0.25, 0.3) is 0 Å². The first-order chi connectivity index (χ1) is 10.7. The molecule has 2 aromatic rings. The number of aromatic nitrogens is 2. The number of anilines is 1. The molecule has 0 bridgehead atoms. The Labute approximate surface area is 133 Å². The summed E-state index contributed by atoms with van der Waals surface area (Å²) in [7, 11) is 0. The molecule has 0 radical (unpaired) electrons. The molecule has 0 atom stereocenters. The van der Waals surface area contributed by atoms with Gasteiger partial charge in [0.2, 0.25) is 5.91 Å². The van der Waals surface area contributed by atoms with Crippen molar-refractivity contribution < 1.29 is 18.6 Å². The van der Waals surface area contributed by atoms with Gasteiger partial charge in [-0.15, -0.1) is 0 Å². The highest BCUT2D eigenvalue weighted by Crippen LogP contribution is 2.26. The summed E-state index contributed by atoms with van der Waals surface area (Å²) in [6, 6.07) is 1.58. The van der Waals surface area contributed by atoms with Gasteiger partial charge < -0.3 is 19.7 Å². The molecule has 0 saturated carbocycles. The van der Waals surface area contributed by atoms with Gasteiger partial charge in [-0.05, 0) is 13.8 Å². The van der Waals surface area contributed by atoms with Gasteiger partial charge in [0.15, 0.2) is 5.82 Å². The van der Waals surface area contributed by atoms with Crippen LogP contribution in [-0.2, 0) is 10.2 Å². The monoisotopic (exact) mass is 320 g/mol. The lowest BCUT2D eigenvalue weighted by atomic mass is 9.88. The summed E-state index contributed by atoms with van der Waals surface area (Å²) in [5.41, 5.74) is 0.577. The van der Waals surface area contributed by atoms with E-state index in [1.807, 2.05) is 20.8 Å². The summed E-state index contributed by atoms with van der Waals surface area (Å²) in [5.74, 6) is 0.496. The number of nitrogens with zero attached hydrogens (tertiary/aromatic N) is 2. The summed E-state index contributed by atoms with van der Waals surface area (Å²) >= 11 is 0. The van der Waals surface area contributed by atoms with E-state index < -0.39 is 11.8 Å². The van der Waals surface area contributed by atoms with Crippen LogP contribution in [0.1, 0.15) is 48.3 Å². The van der Waals surface area contributed by atoms with Gasteiger partial charge in [0.05, 0.1) is 6.54 Å². The second-order valence-corrected chi connectivity index (χ2v) is 6.27. The van der Waals surface area contributed by atoms with Gasteiger partial charge in [-0.2, -0.15) is 0 Å². The molecule has 0 fully saturated rings. The minimum atomic E-state index is -0.405. The second kappa shape index (κ2) is 6.23. The van der Waals surface area contributed by atoms with E-state index in [0.29, 0.717) is 28.6 Å². The fourth-order valence-corrected chi connectivity index (χ4v) is 2.01. The summed E-state index contributed by atoms with van der Waals surface area (Å²) in [6.07, 6.45) is 0. The standard InChI is InChI=1S/C15H20N4O4/c1-8-6-10(18-22-8)17-11(20)7-16-14(21)12-9(2)23-19-13(12)15(3,4)5/h6H,7H2,1-5H3,(H,16,21)(H,17,18,20). The van der Waals surface area contributed by atoms with Crippen LogP contribution in [0.4, 0.5) is 5.82 Å². The number of hydrogen-bond acceptors (Lipinski definition) is 6. The molecule has 2 rings (SSSR count). The Kier molecular flexibility index (Phi) is 4.53. The molecular weight excluding hydrogens is 300 g/mol. The quantitative estimate of drug-likeness (QED) is 0.891. The van der Waals surface area contributed by atoms with Crippen LogP contribution < -0.4 is 10.6 Å². The maximum atomic E-state index is 12.3. The molecule has 0 aliphatic rings. The zero-order valence-corrected chi connectivity index (χ0v) is 13.8. The molecule has 0 spiro atoms. The van der Waals surface area contributed by atoms with E-state index in [2.05, 4.69) is 20.9 Å². The normalized spacial score (nSPS) is 11.3. The van der Waals surface area contributed by atoms with Crippen molar-refractivity contribution in [2.75, 3.05) is 11.9 Å². The van der Waals surface area contributed by atoms with E-state index in [1.165, 1.54) is 0 Å². The van der Waals surface area contributed by atoms with E-state index in [4.69, 9.17) is 9.05 Å². The lowest BCUT2D eigenvalue weighted by Gasteiger charge is -2.16. The molecule has 8 nitrogen and oxygen atoms in total. The molecule has 0 saturated heterocycles. The highest BCUT2D eigenvalue weighted by atomic mass is 16.5. The first kappa shape index (κ1) is 16.7. The van der Waals surface area contributed by atoms with Crippen LogP contribution in [0, 0.1) is 13.8 Å². The third-order valence-corrected chi connectivity index (χ3v) is 3.11. The van der Waals surface area contributed by atoms with E-state index in [0.717, 1.165) is 0 Å². The summed E-state index contributed by atoms with van der Waals surface area (Å²) in [6.45, 7) is 8.98. The zero-order chi connectivity index (χ0) is 17.2. The van der Waals surface area contributed by atoms with Crippen LogP contribution in [-0.4, -0.2) is 28.7 Å². The van der Waals surface area contributed by atoms with E-state index in [1.54, 1.807) is 19.9 Å². The number of carbonyl (C=O) groups is 2. The van der Waals surface area contributed by atoms with Crippen molar-refractivity contribution >= 4 is 17.6 Å². The summed E-state index contributed by atoms with van der Waals surface area (Å²) < 4.78 is 9.96. The number of nitrogens with one attached hydrogen (secondary N) is 2. The van der Waals surface area contributed by atoms with Crippen molar-refractivity contribution in [3.8, 4) is 0 Å². The number of carbonyl (C=O) groups excluding carboxylic acids is 2. The molecule has 124 valence electrons. The molecule has 2 amide bonds. The smallest absolute Gasteiger partial charge is 0.257 e. The van der Waals surface area contributed by atoms with E-state index in [-0.39, 0.29) is 12.0 Å². The lowest BCUT2D eigenvalue weighted by molar-refractivity contribution is -0.115. The van der Waals surface area contributed by atoms with Crippen molar-refractivity contribution in [2.24, 2.45) is 0 Å². The fourth-order valence-electron chi connectivity index (χ4n) is 2.01. The Morgan fingerprint density at radius 1 is 1.17 bits per heavy atom. The Morgan fingerprint density at radius 2 is 1.87 bits per heavy atom. The van der Waals surface area contributed by atoms with Gasteiger partial charge in [0, 0.05) is 11.5 Å². The topological polar surface area (TPSA) is 110 Å². The maximum absolute atomic E-state index is 12.3. The van der Waals surface area contributed by atoms with Gasteiger partial charge in [-0.1, -0.05) is 31.1 Å². The predicted molar refractivity (Wildman–Crippen MR) is 82.1 cm³/mol. The largest absolute Gasteiger partial charge is 0.361 e. The average Bonchev–Trinajstić information content (AvgIpc) is 3.01. The minimum Gasteiger partial charge on any atom is -0.361 e. The molecule has 0 aromatic carbocycles. The summed E-state index contributed by atoms with van der Waals surface area (Å²) in [5, 5.41) is 12.7. The third-order valence-electron chi connectivity index (χ3n) is 3.11. The van der Waals surface area contributed by atoms with Crippen LogP contribution in [0.15, 0.2) is 15.1 Å². The highest BCUT2D eigenvalue weighted by molar-refractivity contribution is 6.00. The SMILES string of the molecule is Cc1cc(NC(=O)CNC(=O)c2c(C(C)(C)C)noc2C)no1. The number of amides is 2. The van der Waals surface area contributed by atoms with Gasteiger partial charge in [0.1, 0.15) is 22.8 Å². The predicted octanol–water partition coefficient (Wildman–Crippen LogP) is 1.95. The average molecular weight is 320 g/mol. The minimum absolute atomic E-state index is 0.195. The Balaban J connectivity index is 2.00. The Morgan fingerprint density at radius 3 is 2.43 bits per heavy atom. The molecule has 0 aliphatic carbocycles. The molecule has 8 heteroatoms. The van der Waals surface area contributed by atoms with Crippen LogP contribution in [0.3, 0.4) is 0 Å². The van der Waals surface area contributed by atoms with Crippen molar-refractivity contribution in [3.05, 3.63) is 28.8 Å².